The third kappa shape index (κ3) is 1.85. The molecule has 0 spiro atoms. The van der Waals surface area contributed by atoms with Crippen molar-refractivity contribution >= 4 is 5.97 Å². The monoisotopic (exact) mass is 222 g/mol. The molecule has 0 radical (unpaired) electrons. The molecule has 2 rings (SSSR count). The summed E-state index contributed by atoms with van der Waals surface area (Å²) < 4.78 is 5.52. The van der Waals surface area contributed by atoms with Gasteiger partial charge in [0, 0.05) is 0 Å². The fraction of sp³-hybridized carbons (Fsp3) is 0.545. The zero-order valence-electron chi connectivity index (χ0n) is 9.36. The van der Waals surface area contributed by atoms with Crippen molar-refractivity contribution in [2.75, 3.05) is 0 Å². The predicted molar refractivity (Wildman–Crippen MR) is 56.7 cm³/mol. The van der Waals surface area contributed by atoms with Gasteiger partial charge < -0.3 is 9.84 Å². The van der Waals surface area contributed by atoms with Crippen LogP contribution in [0, 0.1) is 13.8 Å². The van der Waals surface area contributed by atoms with Gasteiger partial charge in [-0.05, 0) is 38.7 Å². The zero-order valence-corrected chi connectivity index (χ0v) is 9.36. The molecule has 1 heterocycles. The lowest BCUT2D eigenvalue weighted by Crippen LogP contribution is -2.26. The Morgan fingerprint density at radius 1 is 1.38 bits per heavy atom. The quantitative estimate of drug-likeness (QED) is 0.843. The van der Waals surface area contributed by atoms with Gasteiger partial charge in [0.1, 0.15) is 11.7 Å². The van der Waals surface area contributed by atoms with Crippen LogP contribution in [0.2, 0.25) is 0 Å². The van der Waals surface area contributed by atoms with Crippen molar-refractivity contribution in [1.29, 1.82) is 0 Å². The van der Waals surface area contributed by atoms with Crippen molar-refractivity contribution in [2.45, 2.75) is 39.2 Å². The summed E-state index contributed by atoms with van der Waals surface area (Å²) in [7, 11) is 0. The molecule has 0 saturated heterocycles. The minimum Gasteiger partial charge on any atom is -0.477 e. The van der Waals surface area contributed by atoms with Crippen LogP contribution in [0.1, 0.15) is 40.9 Å². The average Bonchev–Trinajstić information content (AvgIpc) is 2.16. The van der Waals surface area contributed by atoms with Gasteiger partial charge in [-0.3, -0.25) is 0 Å². The van der Waals surface area contributed by atoms with Crippen LogP contribution in [-0.2, 0) is 0 Å². The van der Waals surface area contributed by atoms with Crippen LogP contribution in [0.3, 0.4) is 0 Å². The third-order valence-electron chi connectivity index (χ3n) is 2.97. The highest BCUT2D eigenvalue weighted by atomic mass is 16.5. The molecule has 0 unspecified atom stereocenters. The number of rotatable bonds is 3. The summed E-state index contributed by atoms with van der Waals surface area (Å²) in [6.45, 7) is 3.46. The highest BCUT2D eigenvalue weighted by Crippen LogP contribution is 2.27. The summed E-state index contributed by atoms with van der Waals surface area (Å²) in [4.78, 5) is 11.1. The fourth-order valence-corrected chi connectivity index (χ4v) is 1.57. The first kappa shape index (κ1) is 10.9. The Labute approximate surface area is 93.5 Å². The Bertz CT molecular complexity index is 427. The van der Waals surface area contributed by atoms with Crippen molar-refractivity contribution in [3.8, 4) is 5.88 Å². The molecule has 1 aliphatic rings. The summed E-state index contributed by atoms with van der Waals surface area (Å²) in [6.07, 6.45) is 3.17. The van der Waals surface area contributed by atoms with Crippen LogP contribution in [0.15, 0.2) is 0 Å². The van der Waals surface area contributed by atoms with Gasteiger partial charge in [0.15, 0.2) is 0 Å². The van der Waals surface area contributed by atoms with Crippen LogP contribution in [0.5, 0.6) is 5.88 Å². The van der Waals surface area contributed by atoms with E-state index in [0.717, 1.165) is 19.3 Å². The standard InChI is InChI=1S/C11H14N2O3/c1-6-7(2)12-13-10(9(6)11(14)15)16-8-4-3-5-8/h8H,3-5H2,1-2H3,(H,14,15). The van der Waals surface area contributed by atoms with Crippen molar-refractivity contribution < 1.29 is 14.6 Å². The lowest BCUT2D eigenvalue weighted by atomic mass is 9.96. The lowest BCUT2D eigenvalue weighted by Gasteiger charge is -2.26. The maximum atomic E-state index is 11.1. The second-order valence-electron chi connectivity index (χ2n) is 4.07. The van der Waals surface area contributed by atoms with Crippen LogP contribution in [-0.4, -0.2) is 27.4 Å². The zero-order chi connectivity index (χ0) is 11.7. The van der Waals surface area contributed by atoms with Gasteiger partial charge in [0.05, 0.1) is 5.69 Å². The second kappa shape index (κ2) is 4.08. The molecule has 1 saturated carbocycles. The molecule has 5 heteroatoms. The molecule has 0 atom stereocenters. The number of ether oxygens (including phenoxy) is 1. The first-order valence-electron chi connectivity index (χ1n) is 5.33. The minimum absolute atomic E-state index is 0.106. The molecule has 1 aromatic rings. The van der Waals surface area contributed by atoms with Crippen LogP contribution < -0.4 is 4.74 Å². The molecule has 5 nitrogen and oxygen atoms in total. The molecule has 1 aromatic heterocycles. The van der Waals surface area contributed by atoms with Crippen LogP contribution >= 0.6 is 0 Å². The van der Waals surface area contributed by atoms with Gasteiger partial charge in [-0.2, -0.15) is 5.10 Å². The third-order valence-corrected chi connectivity index (χ3v) is 2.97. The topological polar surface area (TPSA) is 72.3 Å². The molecule has 1 aliphatic carbocycles. The number of aromatic carboxylic acids is 1. The van der Waals surface area contributed by atoms with Crippen molar-refractivity contribution in [1.82, 2.24) is 10.2 Å². The van der Waals surface area contributed by atoms with E-state index >= 15 is 0 Å². The van der Waals surface area contributed by atoms with E-state index in [1.54, 1.807) is 13.8 Å². The number of nitrogens with zero attached hydrogens (tertiary/aromatic N) is 2. The molecule has 86 valence electrons. The number of hydrogen-bond donors (Lipinski definition) is 1. The van der Waals surface area contributed by atoms with Gasteiger partial charge >= 0.3 is 5.97 Å². The molecule has 0 aliphatic heterocycles. The smallest absolute Gasteiger partial charge is 0.341 e. The molecule has 1 fully saturated rings. The number of carboxylic acids is 1. The minimum atomic E-state index is -1.01. The number of carbonyl (C=O) groups is 1. The lowest BCUT2D eigenvalue weighted by molar-refractivity contribution is 0.0672. The molecule has 0 amide bonds. The van der Waals surface area contributed by atoms with E-state index in [1.165, 1.54) is 0 Å². The molecular formula is C11H14N2O3. The highest BCUT2D eigenvalue weighted by Gasteiger charge is 2.25. The van der Waals surface area contributed by atoms with Crippen LogP contribution in [0.25, 0.3) is 0 Å². The Hall–Kier alpha value is -1.65. The summed E-state index contributed by atoms with van der Waals surface area (Å²) in [5.74, 6) is -0.856. The Morgan fingerprint density at radius 3 is 2.56 bits per heavy atom. The largest absolute Gasteiger partial charge is 0.477 e. The average molecular weight is 222 g/mol. The van der Waals surface area contributed by atoms with Crippen LogP contribution in [0.4, 0.5) is 0 Å². The Morgan fingerprint density at radius 2 is 2.06 bits per heavy atom. The summed E-state index contributed by atoms with van der Waals surface area (Å²) in [5, 5.41) is 16.9. The van der Waals surface area contributed by atoms with E-state index < -0.39 is 5.97 Å². The summed E-state index contributed by atoms with van der Waals surface area (Å²) in [6, 6.07) is 0. The maximum Gasteiger partial charge on any atom is 0.341 e. The number of hydrogen-bond acceptors (Lipinski definition) is 4. The molecule has 0 bridgehead atoms. The summed E-state index contributed by atoms with van der Waals surface area (Å²) >= 11 is 0. The van der Waals surface area contributed by atoms with Gasteiger partial charge in [-0.1, -0.05) is 0 Å². The highest BCUT2D eigenvalue weighted by molar-refractivity contribution is 5.92. The van der Waals surface area contributed by atoms with E-state index in [4.69, 9.17) is 9.84 Å². The van der Waals surface area contributed by atoms with Crippen molar-refractivity contribution in [2.24, 2.45) is 0 Å². The fourth-order valence-electron chi connectivity index (χ4n) is 1.57. The van der Waals surface area contributed by atoms with Gasteiger partial charge in [-0.25, -0.2) is 4.79 Å². The van der Waals surface area contributed by atoms with Crippen molar-refractivity contribution in [3.63, 3.8) is 0 Å². The number of aromatic nitrogens is 2. The van der Waals surface area contributed by atoms with E-state index in [1.807, 2.05) is 0 Å². The first-order valence-corrected chi connectivity index (χ1v) is 5.33. The first-order chi connectivity index (χ1) is 7.59. The molecule has 1 N–H and O–H groups in total. The number of aryl methyl sites for hydroxylation is 1. The van der Waals surface area contributed by atoms with Crippen molar-refractivity contribution in [3.05, 3.63) is 16.8 Å². The maximum absolute atomic E-state index is 11.1. The normalized spacial score (nSPS) is 15.6. The van der Waals surface area contributed by atoms with E-state index in [2.05, 4.69) is 10.2 Å². The van der Waals surface area contributed by atoms with Gasteiger partial charge in [-0.15, -0.1) is 5.10 Å². The second-order valence-corrected chi connectivity index (χ2v) is 4.07. The molecule has 16 heavy (non-hydrogen) atoms. The number of carboxylic acid groups (broad SMARTS) is 1. The van der Waals surface area contributed by atoms with Gasteiger partial charge in [0.25, 0.3) is 0 Å². The Kier molecular flexibility index (Phi) is 2.77. The molecular weight excluding hydrogens is 208 g/mol. The predicted octanol–water partition coefficient (Wildman–Crippen LogP) is 1.72. The SMILES string of the molecule is Cc1nnc(OC2CCC2)c(C(=O)O)c1C. The van der Waals surface area contributed by atoms with E-state index in [-0.39, 0.29) is 17.5 Å². The van der Waals surface area contributed by atoms with E-state index in [9.17, 15) is 4.79 Å². The van der Waals surface area contributed by atoms with E-state index in [0.29, 0.717) is 11.3 Å². The Balaban J connectivity index is 2.35. The summed E-state index contributed by atoms with van der Waals surface area (Å²) in [5.41, 5.74) is 1.38. The van der Waals surface area contributed by atoms with Gasteiger partial charge in [0.2, 0.25) is 5.88 Å². The molecule has 0 aromatic carbocycles.